The quantitative estimate of drug-likeness (QED) is 0.787. The summed E-state index contributed by atoms with van der Waals surface area (Å²) in [6.45, 7) is 2.33. The molecule has 0 unspecified atom stereocenters. The molecule has 2 aliphatic rings. The van der Waals surface area contributed by atoms with Crippen LogP contribution in [0.25, 0.3) is 0 Å². The van der Waals surface area contributed by atoms with E-state index in [2.05, 4.69) is 34.1 Å². The number of amides is 3. The Morgan fingerprint density at radius 3 is 2.76 bits per heavy atom. The molecular formula is C16H21N3O2. The van der Waals surface area contributed by atoms with Crippen molar-refractivity contribution < 1.29 is 9.59 Å². The minimum Gasteiger partial charge on any atom is -0.348 e. The zero-order valence-electron chi connectivity index (χ0n) is 12.2. The molecule has 0 saturated carbocycles. The van der Waals surface area contributed by atoms with Crippen molar-refractivity contribution in [1.82, 2.24) is 16.0 Å². The van der Waals surface area contributed by atoms with Gasteiger partial charge in [-0.05, 0) is 49.3 Å². The summed E-state index contributed by atoms with van der Waals surface area (Å²) in [6.07, 6.45) is 4.81. The molecule has 1 aromatic rings. The summed E-state index contributed by atoms with van der Waals surface area (Å²) < 4.78 is 0. The molecule has 2 atom stereocenters. The molecule has 1 saturated heterocycles. The van der Waals surface area contributed by atoms with Crippen molar-refractivity contribution >= 4 is 11.9 Å². The Hall–Kier alpha value is -2.04. The zero-order chi connectivity index (χ0) is 14.8. The van der Waals surface area contributed by atoms with Crippen molar-refractivity contribution in [2.45, 2.75) is 44.7 Å². The number of carbonyl (C=O) groups excluding carboxylic acids is 2. The van der Waals surface area contributed by atoms with Crippen LogP contribution < -0.4 is 16.0 Å². The van der Waals surface area contributed by atoms with Gasteiger partial charge < -0.3 is 16.0 Å². The number of rotatable bonds is 3. The smallest absolute Gasteiger partial charge is 0.315 e. The van der Waals surface area contributed by atoms with Crippen LogP contribution in [0.1, 0.15) is 42.5 Å². The maximum atomic E-state index is 12.1. The van der Waals surface area contributed by atoms with E-state index in [9.17, 15) is 9.59 Å². The predicted octanol–water partition coefficient (Wildman–Crippen LogP) is 1.42. The highest BCUT2D eigenvalue weighted by Crippen LogP contribution is 2.24. The summed E-state index contributed by atoms with van der Waals surface area (Å²) in [5.41, 5.74) is 3.98. The average molecular weight is 287 g/mol. The lowest BCUT2D eigenvalue weighted by Gasteiger charge is -2.21. The predicted molar refractivity (Wildman–Crippen MR) is 80.0 cm³/mol. The van der Waals surface area contributed by atoms with E-state index in [1.807, 2.05) is 6.92 Å². The van der Waals surface area contributed by atoms with E-state index < -0.39 is 6.04 Å². The molecule has 0 aromatic heterocycles. The molecule has 3 amide bonds. The lowest BCUT2D eigenvalue weighted by molar-refractivity contribution is -0.123. The highest BCUT2D eigenvalue weighted by atomic mass is 16.2. The first-order valence-corrected chi connectivity index (χ1v) is 7.60. The maximum Gasteiger partial charge on any atom is 0.315 e. The summed E-state index contributed by atoms with van der Waals surface area (Å²) in [5, 5.41) is 8.16. The maximum absolute atomic E-state index is 12.1. The highest BCUT2D eigenvalue weighted by molar-refractivity contribution is 5.90. The van der Waals surface area contributed by atoms with E-state index in [-0.39, 0.29) is 18.0 Å². The molecule has 1 aliphatic heterocycles. The van der Waals surface area contributed by atoms with Crippen LogP contribution in [0, 0.1) is 0 Å². The minimum atomic E-state index is -0.474. The Balaban J connectivity index is 1.66. The van der Waals surface area contributed by atoms with Crippen LogP contribution in [-0.2, 0) is 17.6 Å². The number of fused-ring (bicyclic) bond motifs is 1. The second kappa shape index (κ2) is 5.76. The second-order valence-electron chi connectivity index (χ2n) is 5.87. The van der Waals surface area contributed by atoms with Crippen molar-refractivity contribution in [1.29, 1.82) is 0 Å². The van der Waals surface area contributed by atoms with Crippen LogP contribution in [-0.4, -0.2) is 24.5 Å². The van der Waals surface area contributed by atoms with Crippen molar-refractivity contribution in [3.05, 3.63) is 34.9 Å². The number of aryl methyl sites for hydroxylation is 2. The molecule has 3 rings (SSSR count). The lowest BCUT2D eigenvalue weighted by atomic mass is 9.89. The number of urea groups is 1. The van der Waals surface area contributed by atoms with Gasteiger partial charge in [-0.2, -0.15) is 0 Å². The molecule has 1 heterocycles. The number of hydrogen-bond donors (Lipinski definition) is 3. The van der Waals surface area contributed by atoms with E-state index >= 15 is 0 Å². The van der Waals surface area contributed by atoms with Gasteiger partial charge in [-0.15, -0.1) is 0 Å². The Kier molecular flexibility index (Phi) is 3.82. The van der Waals surface area contributed by atoms with Crippen LogP contribution in [0.4, 0.5) is 4.79 Å². The molecule has 1 aliphatic carbocycles. The summed E-state index contributed by atoms with van der Waals surface area (Å²) in [5.74, 6) is -0.140. The second-order valence-corrected chi connectivity index (χ2v) is 5.87. The minimum absolute atomic E-state index is 0.0535. The molecule has 112 valence electrons. The Bertz CT molecular complexity index is 571. The largest absolute Gasteiger partial charge is 0.348 e. The first-order chi connectivity index (χ1) is 10.1. The van der Waals surface area contributed by atoms with E-state index in [4.69, 9.17) is 0 Å². The van der Waals surface area contributed by atoms with Crippen LogP contribution in [0.5, 0.6) is 0 Å². The summed E-state index contributed by atoms with van der Waals surface area (Å²) >= 11 is 0. The van der Waals surface area contributed by atoms with Crippen LogP contribution in [0.3, 0.4) is 0 Å². The van der Waals surface area contributed by atoms with E-state index in [0.717, 1.165) is 18.4 Å². The van der Waals surface area contributed by atoms with Crippen molar-refractivity contribution in [2.75, 3.05) is 6.54 Å². The monoisotopic (exact) mass is 287 g/mol. The SMILES string of the molecule is C[C@H](NC(=O)[C@H]1CNC(=O)N1)c1ccc2c(c1)CCCC2. The van der Waals surface area contributed by atoms with Gasteiger partial charge in [0.1, 0.15) is 6.04 Å². The highest BCUT2D eigenvalue weighted by Gasteiger charge is 2.27. The first kappa shape index (κ1) is 13.9. The zero-order valence-corrected chi connectivity index (χ0v) is 12.2. The number of hydrogen-bond acceptors (Lipinski definition) is 2. The lowest BCUT2D eigenvalue weighted by Crippen LogP contribution is -2.43. The Morgan fingerprint density at radius 2 is 2.05 bits per heavy atom. The molecule has 5 nitrogen and oxygen atoms in total. The van der Waals surface area contributed by atoms with Gasteiger partial charge in [0.2, 0.25) is 5.91 Å². The fourth-order valence-corrected chi connectivity index (χ4v) is 3.03. The molecule has 21 heavy (non-hydrogen) atoms. The summed E-state index contributed by atoms with van der Waals surface area (Å²) in [6, 6.07) is 5.69. The molecule has 0 spiro atoms. The normalized spacial score (nSPS) is 22.0. The molecule has 0 radical (unpaired) electrons. The standard InChI is InChI=1S/C16H21N3O2/c1-10(18-15(20)14-9-17-16(21)19-14)12-7-6-11-4-2-3-5-13(11)8-12/h6-8,10,14H,2-5,9H2,1H3,(H,18,20)(H2,17,19,21)/t10-,14+/m0/s1. The first-order valence-electron chi connectivity index (χ1n) is 7.60. The molecule has 1 aromatic carbocycles. The third-order valence-electron chi connectivity index (χ3n) is 4.32. The van der Waals surface area contributed by atoms with Gasteiger partial charge in [-0.25, -0.2) is 4.79 Å². The van der Waals surface area contributed by atoms with Gasteiger partial charge in [0.05, 0.1) is 6.04 Å². The fraction of sp³-hybridized carbons (Fsp3) is 0.500. The van der Waals surface area contributed by atoms with Crippen LogP contribution in [0.15, 0.2) is 18.2 Å². The topological polar surface area (TPSA) is 70.2 Å². The molecule has 0 bridgehead atoms. The summed E-state index contributed by atoms with van der Waals surface area (Å²) in [7, 11) is 0. The number of nitrogens with one attached hydrogen (secondary N) is 3. The molecular weight excluding hydrogens is 266 g/mol. The molecule has 5 heteroatoms. The van der Waals surface area contributed by atoms with E-state index in [1.54, 1.807) is 0 Å². The van der Waals surface area contributed by atoms with Gasteiger partial charge in [0.15, 0.2) is 0 Å². The van der Waals surface area contributed by atoms with Crippen LogP contribution in [0.2, 0.25) is 0 Å². The van der Waals surface area contributed by atoms with Crippen LogP contribution >= 0.6 is 0 Å². The van der Waals surface area contributed by atoms with Gasteiger partial charge in [-0.3, -0.25) is 4.79 Å². The third-order valence-corrected chi connectivity index (χ3v) is 4.32. The fourth-order valence-electron chi connectivity index (χ4n) is 3.03. The molecule has 3 N–H and O–H groups in total. The molecule has 1 fully saturated rings. The Morgan fingerprint density at radius 1 is 1.29 bits per heavy atom. The van der Waals surface area contributed by atoms with E-state index in [1.165, 1.54) is 24.0 Å². The third kappa shape index (κ3) is 3.01. The van der Waals surface area contributed by atoms with E-state index in [0.29, 0.717) is 6.54 Å². The van der Waals surface area contributed by atoms with Gasteiger partial charge >= 0.3 is 6.03 Å². The summed E-state index contributed by atoms with van der Waals surface area (Å²) in [4.78, 5) is 23.2. The number of carbonyl (C=O) groups is 2. The number of benzene rings is 1. The van der Waals surface area contributed by atoms with Gasteiger partial charge in [0.25, 0.3) is 0 Å². The van der Waals surface area contributed by atoms with Crippen molar-refractivity contribution in [3.8, 4) is 0 Å². The Labute approximate surface area is 124 Å². The van der Waals surface area contributed by atoms with Crippen molar-refractivity contribution in [2.24, 2.45) is 0 Å². The van der Waals surface area contributed by atoms with Crippen molar-refractivity contribution in [3.63, 3.8) is 0 Å². The average Bonchev–Trinajstić information content (AvgIpc) is 2.93. The van der Waals surface area contributed by atoms with Gasteiger partial charge in [0, 0.05) is 6.54 Å². The van der Waals surface area contributed by atoms with Gasteiger partial charge in [-0.1, -0.05) is 18.2 Å².